The van der Waals surface area contributed by atoms with Gasteiger partial charge in [0.15, 0.2) is 0 Å². The molecular formula is C26H19BrN2O4. The number of carbonyl (C=O) groups excluding carboxylic acids is 1. The first-order valence-electron chi connectivity index (χ1n) is 10.0. The molecule has 0 saturated carbocycles. The topological polar surface area (TPSA) is 80.6 Å². The summed E-state index contributed by atoms with van der Waals surface area (Å²) in [5, 5.41) is 12.1. The number of rotatable bonds is 7. The summed E-state index contributed by atoms with van der Waals surface area (Å²) in [7, 11) is 0. The Morgan fingerprint density at radius 1 is 0.879 bits per heavy atom. The van der Waals surface area contributed by atoms with E-state index in [0.717, 1.165) is 10.2 Å². The molecule has 0 aliphatic rings. The SMILES string of the molecule is O=C(O)/C(=C/c1ccc(Oc2ccccc2Br)cc1)NC(=O)c1cccn1-c1ccccc1. The van der Waals surface area contributed by atoms with Crippen molar-refractivity contribution in [1.82, 2.24) is 9.88 Å². The summed E-state index contributed by atoms with van der Waals surface area (Å²) < 4.78 is 8.35. The van der Waals surface area contributed by atoms with Crippen LogP contribution in [0.1, 0.15) is 16.1 Å². The van der Waals surface area contributed by atoms with Gasteiger partial charge < -0.3 is 19.7 Å². The third-order valence-corrected chi connectivity index (χ3v) is 5.41. The number of carboxylic acids is 1. The molecule has 1 aromatic heterocycles. The number of aliphatic carboxylic acids is 1. The van der Waals surface area contributed by atoms with Crippen LogP contribution in [-0.4, -0.2) is 21.6 Å². The zero-order chi connectivity index (χ0) is 23.2. The van der Waals surface area contributed by atoms with Crippen LogP contribution in [0.15, 0.2) is 107 Å². The van der Waals surface area contributed by atoms with E-state index >= 15 is 0 Å². The third kappa shape index (κ3) is 5.39. The fraction of sp³-hybridized carbons (Fsp3) is 0. The van der Waals surface area contributed by atoms with Crippen LogP contribution in [0.5, 0.6) is 11.5 Å². The molecule has 1 amide bonds. The van der Waals surface area contributed by atoms with Gasteiger partial charge in [-0.1, -0.05) is 42.5 Å². The molecule has 0 unspecified atom stereocenters. The summed E-state index contributed by atoms with van der Waals surface area (Å²) in [5.41, 5.74) is 1.49. The van der Waals surface area contributed by atoms with E-state index in [9.17, 15) is 14.7 Å². The van der Waals surface area contributed by atoms with Crippen LogP contribution in [0.25, 0.3) is 11.8 Å². The Bertz CT molecular complexity index is 1310. The average molecular weight is 503 g/mol. The minimum Gasteiger partial charge on any atom is -0.477 e. The lowest BCUT2D eigenvalue weighted by molar-refractivity contribution is -0.132. The fourth-order valence-corrected chi connectivity index (χ4v) is 3.54. The van der Waals surface area contributed by atoms with E-state index in [1.165, 1.54) is 6.08 Å². The van der Waals surface area contributed by atoms with Gasteiger partial charge in [-0.15, -0.1) is 0 Å². The van der Waals surface area contributed by atoms with Gasteiger partial charge in [0.1, 0.15) is 22.9 Å². The lowest BCUT2D eigenvalue weighted by Gasteiger charge is -2.11. The van der Waals surface area contributed by atoms with Gasteiger partial charge in [0.05, 0.1) is 4.47 Å². The first-order valence-corrected chi connectivity index (χ1v) is 10.8. The molecule has 0 bridgehead atoms. The Kier molecular flexibility index (Phi) is 6.71. The molecule has 0 radical (unpaired) electrons. The maximum Gasteiger partial charge on any atom is 0.352 e. The normalized spacial score (nSPS) is 11.1. The average Bonchev–Trinajstić information content (AvgIpc) is 3.32. The number of ether oxygens (including phenoxy) is 1. The summed E-state index contributed by atoms with van der Waals surface area (Å²) in [5.74, 6) is -0.498. The predicted molar refractivity (Wildman–Crippen MR) is 130 cm³/mol. The second-order valence-electron chi connectivity index (χ2n) is 7.02. The first-order chi connectivity index (χ1) is 16.0. The highest BCUT2D eigenvalue weighted by atomic mass is 79.9. The number of nitrogens with one attached hydrogen (secondary N) is 1. The van der Waals surface area contributed by atoms with E-state index in [4.69, 9.17) is 4.74 Å². The summed E-state index contributed by atoms with van der Waals surface area (Å²) >= 11 is 3.43. The van der Waals surface area contributed by atoms with Gasteiger partial charge in [-0.3, -0.25) is 4.79 Å². The zero-order valence-corrected chi connectivity index (χ0v) is 18.9. The molecule has 6 nitrogen and oxygen atoms in total. The zero-order valence-electron chi connectivity index (χ0n) is 17.3. The number of aromatic nitrogens is 1. The van der Waals surface area contributed by atoms with Crippen molar-refractivity contribution in [3.8, 4) is 17.2 Å². The number of carbonyl (C=O) groups is 2. The molecule has 0 aliphatic carbocycles. The highest BCUT2D eigenvalue weighted by Crippen LogP contribution is 2.29. The van der Waals surface area contributed by atoms with Crippen molar-refractivity contribution in [3.05, 3.63) is 119 Å². The van der Waals surface area contributed by atoms with Crippen molar-refractivity contribution in [3.63, 3.8) is 0 Å². The molecule has 0 atom stereocenters. The molecule has 0 saturated heterocycles. The molecule has 33 heavy (non-hydrogen) atoms. The summed E-state index contributed by atoms with van der Waals surface area (Å²) in [6.45, 7) is 0. The molecule has 0 fully saturated rings. The Morgan fingerprint density at radius 2 is 1.58 bits per heavy atom. The minimum atomic E-state index is -1.24. The van der Waals surface area contributed by atoms with Gasteiger partial charge in [-0.2, -0.15) is 0 Å². The molecule has 2 N–H and O–H groups in total. The Balaban J connectivity index is 1.52. The molecule has 0 aliphatic heterocycles. The number of carboxylic acid groups (broad SMARTS) is 1. The molecule has 7 heteroatoms. The molecule has 4 aromatic rings. The molecular weight excluding hydrogens is 484 g/mol. The number of halogens is 1. The molecule has 164 valence electrons. The van der Waals surface area contributed by atoms with Gasteiger partial charge in [0, 0.05) is 11.9 Å². The standard InChI is InChI=1S/C26H19BrN2O4/c27-21-9-4-5-11-24(21)33-20-14-12-18(13-15-20)17-22(26(31)32)28-25(30)23-10-6-16-29(23)19-7-2-1-3-8-19/h1-17H,(H,28,30)(H,31,32)/b22-17-. The van der Waals surface area contributed by atoms with Crippen molar-refractivity contribution < 1.29 is 19.4 Å². The van der Waals surface area contributed by atoms with E-state index in [-0.39, 0.29) is 5.70 Å². The number of amides is 1. The van der Waals surface area contributed by atoms with Crippen LogP contribution < -0.4 is 10.1 Å². The van der Waals surface area contributed by atoms with Crippen LogP contribution >= 0.6 is 15.9 Å². The van der Waals surface area contributed by atoms with Crippen LogP contribution in [-0.2, 0) is 4.79 Å². The molecule has 3 aromatic carbocycles. The summed E-state index contributed by atoms with van der Waals surface area (Å²) in [6.07, 6.45) is 3.15. The predicted octanol–water partition coefficient (Wildman–Crippen LogP) is 5.89. The number of benzene rings is 3. The van der Waals surface area contributed by atoms with E-state index in [0.29, 0.717) is 22.8 Å². The van der Waals surface area contributed by atoms with E-state index < -0.39 is 11.9 Å². The van der Waals surface area contributed by atoms with Crippen LogP contribution in [0.3, 0.4) is 0 Å². The second kappa shape index (κ2) is 10.0. The van der Waals surface area contributed by atoms with Crippen molar-refractivity contribution in [1.29, 1.82) is 0 Å². The molecule has 0 spiro atoms. The Labute approximate surface area is 198 Å². The highest BCUT2D eigenvalue weighted by molar-refractivity contribution is 9.10. The Hall–Kier alpha value is -4.10. The van der Waals surface area contributed by atoms with Gasteiger partial charge in [-0.05, 0) is 76.1 Å². The van der Waals surface area contributed by atoms with Crippen LogP contribution in [0.2, 0.25) is 0 Å². The molecule has 4 rings (SSSR count). The van der Waals surface area contributed by atoms with E-state index in [2.05, 4.69) is 21.2 Å². The van der Waals surface area contributed by atoms with Gasteiger partial charge in [-0.25, -0.2) is 4.79 Å². The number of hydrogen-bond acceptors (Lipinski definition) is 3. The van der Waals surface area contributed by atoms with Gasteiger partial charge in [0.25, 0.3) is 5.91 Å². The number of para-hydroxylation sites is 2. The fourth-order valence-electron chi connectivity index (χ4n) is 3.17. The quantitative estimate of drug-likeness (QED) is 0.309. The van der Waals surface area contributed by atoms with Crippen molar-refractivity contribution in [2.24, 2.45) is 0 Å². The van der Waals surface area contributed by atoms with Crippen LogP contribution in [0.4, 0.5) is 0 Å². The van der Waals surface area contributed by atoms with Gasteiger partial charge in [0.2, 0.25) is 0 Å². The Morgan fingerprint density at radius 3 is 2.27 bits per heavy atom. The maximum absolute atomic E-state index is 12.8. The van der Waals surface area contributed by atoms with Crippen molar-refractivity contribution >= 4 is 33.9 Å². The summed E-state index contributed by atoms with van der Waals surface area (Å²) in [6, 6.07) is 27.1. The third-order valence-electron chi connectivity index (χ3n) is 4.75. The van der Waals surface area contributed by atoms with E-state index in [1.54, 1.807) is 47.2 Å². The molecule has 1 heterocycles. The number of nitrogens with zero attached hydrogens (tertiary/aromatic N) is 1. The maximum atomic E-state index is 12.8. The van der Waals surface area contributed by atoms with Crippen molar-refractivity contribution in [2.45, 2.75) is 0 Å². The second-order valence-corrected chi connectivity index (χ2v) is 7.87. The lowest BCUT2D eigenvalue weighted by Crippen LogP contribution is -2.28. The number of hydrogen-bond donors (Lipinski definition) is 2. The monoisotopic (exact) mass is 502 g/mol. The van der Waals surface area contributed by atoms with E-state index in [1.807, 2.05) is 54.6 Å². The highest BCUT2D eigenvalue weighted by Gasteiger charge is 2.17. The van der Waals surface area contributed by atoms with Gasteiger partial charge >= 0.3 is 5.97 Å². The smallest absolute Gasteiger partial charge is 0.352 e. The first kappa shape index (κ1) is 22.1. The summed E-state index contributed by atoms with van der Waals surface area (Å²) in [4.78, 5) is 24.6. The minimum absolute atomic E-state index is 0.236. The van der Waals surface area contributed by atoms with Crippen LogP contribution in [0, 0.1) is 0 Å². The van der Waals surface area contributed by atoms with Crippen molar-refractivity contribution in [2.75, 3.05) is 0 Å². The largest absolute Gasteiger partial charge is 0.477 e. The lowest BCUT2D eigenvalue weighted by atomic mass is 10.2.